The Balaban J connectivity index is 1.52. The number of hydrogen-bond acceptors (Lipinski definition) is 5. The van der Waals surface area contributed by atoms with Crippen molar-refractivity contribution in [2.75, 3.05) is 31.6 Å². The van der Waals surface area contributed by atoms with Gasteiger partial charge in [-0.05, 0) is 24.5 Å². The number of carbonyl (C=O) groups excluding carboxylic acids is 1. The molecular weight excluding hydrogens is 316 g/mol. The minimum absolute atomic E-state index is 0.0326. The van der Waals surface area contributed by atoms with Gasteiger partial charge in [0.05, 0.1) is 0 Å². The molecule has 1 aliphatic rings. The molecule has 1 aromatic heterocycles. The van der Waals surface area contributed by atoms with Crippen LogP contribution in [0.4, 0.5) is 5.95 Å². The van der Waals surface area contributed by atoms with Gasteiger partial charge < -0.3 is 15.4 Å². The number of nitrogens with zero attached hydrogens (tertiary/aromatic N) is 2. The Morgan fingerprint density at radius 3 is 2.52 bits per heavy atom. The summed E-state index contributed by atoms with van der Waals surface area (Å²) in [5, 5.41) is 6.15. The molecule has 1 fully saturated rings. The second-order valence-electron chi connectivity index (χ2n) is 6.28. The van der Waals surface area contributed by atoms with Crippen LogP contribution >= 0.6 is 0 Å². The number of carbonyl (C=O) groups is 1. The van der Waals surface area contributed by atoms with E-state index in [2.05, 4.69) is 44.9 Å². The third-order valence-electron chi connectivity index (χ3n) is 4.66. The lowest BCUT2D eigenvalue weighted by Gasteiger charge is -2.38. The van der Waals surface area contributed by atoms with Crippen LogP contribution in [0.2, 0.25) is 0 Å². The van der Waals surface area contributed by atoms with Gasteiger partial charge >= 0.3 is 0 Å². The largest absolute Gasteiger partial charge is 0.381 e. The Kier molecular flexibility index (Phi) is 5.95. The molecule has 25 heavy (non-hydrogen) atoms. The topological polar surface area (TPSA) is 76.1 Å². The van der Waals surface area contributed by atoms with Crippen LogP contribution in [0.1, 0.15) is 24.8 Å². The SMILES string of the molecule is O=C(CCNc1ncccn1)NCC1(c2ccccc2)CCOCC1. The highest BCUT2D eigenvalue weighted by Gasteiger charge is 2.34. The van der Waals surface area contributed by atoms with E-state index in [0.717, 1.165) is 26.1 Å². The third-order valence-corrected chi connectivity index (χ3v) is 4.66. The number of amides is 1. The van der Waals surface area contributed by atoms with Gasteiger partial charge in [-0.2, -0.15) is 0 Å². The van der Waals surface area contributed by atoms with Gasteiger partial charge in [-0.1, -0.05) is 30.3 Å². The lowest BCUT2D eigenvalue weighted by Crippen LogP contribution is -2.44. The van der Waals surface area contributed by atoms with Crippen molar-refractivity contribution >= 4 is 11.9 Å². The molecule has 2 aromatic rings. The van der Waals surface area contributed by atoms with Gasteiger partial charge in [-0.25, -0.2) is 9.97 Å². The quantitative estimate of drug-likeness (QED) is 0.808. The zero-order valence-electron chi connectivity index (χ0n) is 14.3. The van der Waals surface area contributed by atoms with Crippen molar-refractivity contribution < 1.29 is 9.53 Å². The first kappa shape index (κ1) is 17.4. The zero-order chi connectivity index (χ0) is 17.4. The average molecular weight is 340 g/mol. The van der Waals surface area contributed by atoms with Gasteiger partial charge in [0, 0.05) is 50.5 Å². The smallest absolute Gasteiger partial charge is 0.222 e. The predicted molar refractivity (Wildman–Crippen MR) is 96.3 cm³/mol. The fourth-order valence-electron chi connectivity index (χ4n) is 3.16. The van der Waals surface area contributed by atoms with E-state index in [1.807, 2.05) is 6.07 Å². The maximum Gasteiger partial charge on any atom is 0.222 e. The van der Waals surface area contributed by atoms with Gasteiger partial charge in [-0.15, -0.1) is 0 Å². The van der Waals surface area contributed by atoms with E-state index in [9.17, 15) is 4.79 Å². The molecule has 6 nitrogen and oxygen atoms in total. The fraction of sp³-hybridized carbons (Fsp3) is 0.421. The molecule has 1 amide bonds. The molecule has 2 N–H and O–H groups in total. The molecule has 1 aliphatic heterocycles. The van der Waals surface area contributed by atoms with Gasteiger partial charge in [0.2, 0.25) is 11.9 Å². The Labute approximate surface area is 148 Å². The first-order valence-corrected chi connectivity index (χ1v) is 8.69. The van der Waals surface area contributed by atoms with Crippen LogP contribution in [0.15, 0.2) is 48.8 Å². The average Bonchev–Trinajstić information content (AvgIpc) is 2.69. The van der Waals surface area contributed by atoms with E-state index < -0.39 is 0 Å². The minimum Gasteiger partial charge on any atom is -0.381 e. The number of hydrogen-bond donors (Lipinski definition) is 2. The summed E-state index contributed by atoms with van der Waals surface area (Å²) in [5.74, 6) is 0.575. The van der Waals surface area contributed by atoms with E-state index in [1.165, 1.54) is 5.56 Å². The fourth-order valence-corrected chi connectivity index (χ4v) is 3.16. The molecular formula is C19H24N4O2. The normalized spacial score (nSPS) is 16.2. The summed E-state index contributed by atoms with van der Waals surface area (Å²) < 4.78 is 5.53. The van der Waals surface area contributed by atoms with E-state index >= 15 is 0 Å². The van der Waals surface area contributed by atoms with Crippen molar-refractivity contribution in [1.29, 1.82) is 0 Å². The molecule has 0 spiro atoms. The van der Waals surface area contributed by atoms with Crippen LogP contribution in [0, 0.1) is 0 Å². The Bertz CT molecular complexity index is 658. The van der Waals surface area contributed by atoms with Crippen LogP contribution in [0.3, 0.4) is 0 Å². The Hall–Kier alpha value is -2.47. The molecule has 1 saturated heterocycles. The second-order valence-corrected chi connectivity index (χ2v) is 6.28. The molecule has 0 unspecified atom stereocenters. The molecule has 0 aliphatic carbocycles. The van der Waals surface area contributed by atoms with Gasteiger partial charge in [0.1, 0.15) is 0 Å². The van der Waals surface area contributed by atoms with Crippen molar-refractivity contribution in [2.24, 2.45) is 0 Å². The highest BCUT2D eigenvalue weighted by Crippen LogP contribution is 2.34. The van der Waals surface area contributed by atoms with Crippen molar-refractivity contribution in [3.8, 4) is 0 Å². The standard InChI is InChI=1S/C19H24N4O2/c24-17(7-12-22-18-20-10-4-11-21-18)23-15-19(8-13-25-14-9-19)16-5-2-1-3-6-16/h1-6,10-11H,7-9,12-15H2,(H,23,24)(H,20,21,22). The molecule has 0 bridgehead atoms. The molecule has 6 heteroatoms. The minimum atomic E-state index is -0.0366. The molecule has 3 rings (SSSR count). The summed E-state index contributed by atoms with van der Waals surface area (Å²) in [6, 6.07) is 12.2. The van der Waals surface area contributed by atoms with Crippen LogP contribution in [-0.2, 0) is 14.9 Å². The highest BCUT2D eigenvalue weighted by molar-refractivity contribution is 5.76. The summed E-state index contributed by atoms with van der Waals surface area (Å²) in [7, 11) is 0. The summed E-state index contributed by atoms with van der Waals surface area (Å²) in [6.07, 6.45) is 5.58. The molecule has 132 valence electrons. The van der Waals surface area contributed by atoms with Gasteiger partial charge in [0.15, 0.2) is 0 Å². The second kappa shape index (κ2) is 8.58. The van der Waals surface area contributed by atoms with Gasteiger partial charge in [-0.3, -0.25) is 4.79 Å². The highest BCUT2D eigenvalue weighted by atomic mass is 16.5. The number of anilines is 1. The molecule has 0 radical (unpaired) electrons. The van der Waals surface area contributed by atoms with Crippen molar-refractivity contribution in [1.82, 2.24) is 15.3 Å². The predicted octanol–water partition coefficient (Wildman–Crippen LogP) is 2.14. The van der Waals surface area contributed by atoms with Crippen molar-refractivity contribution in [2.45, 2.75) is 24.7 Å². The number of ether oxygens (including phenoxy) is 1. The molecule has 0 atom stereocenters. The van der Waals surface area contributed by atoms with Crippen LogP contribution in [0.5, 0.6) is 0 Å². The first-order valence-electron chi connectivity index (χ1n) is 8.69. The number of benzene rings is 1. The summed E-state index contributed by atoms with van der Waals surface area (Å²) in [4.78, 5) is 20.4. The monoisotopic (exact) mass is 340 g/mol. The maximum atomic E-state index is 12.2. The number of nitrogens with one attached hydrogen (secondary N) is 2. The Morgan fingerprint density at radius 1 is 1.08 bits per heavy atom. The van der Waals surface area contributed by atoms with Gasteiger partial charge in [0.25, 0.3) is 0 Å². The van der Waals surface area contributed by atoms with E-state index in [1.54, 1.807) is 18.5 Å². The van der Waals surface area contributed by atoms with Crippen LogP contribution < -0.4 is 10.6 Å². The first-order chi connectivity index (χ1) is 12.3. The van der Waals surface area contributed by atoms with Crippen LogP contribution in [-0.4, -0.2) is 42.2 Å². The molecule has 1 aromatic carbocycles. The maximum absolute atomic E-state index is 12.2. The zero-order valence-corrected chi connectivity index (χ0v) is 14.3. The summed E-state index contributed by atoms with van der Waals surface area (Å²) in [6.45, 7) is 2.62. The summed E-state index contributed by atoms with van der Waals surface area (Å²) in [5.41, 5.74) is 1.24. The summed E-state index contributed by atoms with van der Waals surface area (Å²) >= 11 is 0. The van der Waals surface area contributed by atoms with Crippen molar-refractivity contribution in [3.05, 3.63) is 54.4 Å². The van der Waals surface area contributed by atoms with E-state index in [-0.39, 0.29) is 11.3 Å². The van der Waals surface area contributed by atoms with Crippen LogP contribution in [0.25, 0.3) is 0 Å². The molecule has 0 saturated carbocycles. The van der Waals surface area contributed by atoms with E-state index in [4.69, 9.17) is 4.74 Å². The number of aromatic nitrogens is 2. The lowest BCUT2D eigenvalue weighted by molar-refractivity contribution is -0.121. The Morgan fingerprint density at radius 2 is 1.80 bits per heavy atom. The van der Waals surface area contributed by atoms with E-state index in [0.29, 0.717) is 25.5 Å². The number of rotatable bonds is 7. The third kappa shape index (κ3) is 4.76. The lowest BCUT2D eigenvalue weighted by atomic mass is 9.74. The van der Waals surface area contributed by atoms with Crippen molar-refractivity contribution in [3.63, 3.8) is 0 Å². The molecule has 2 heterocycles.